The number of primary amides is 1. The molecule has 0 aliphatic rings. The minimum atomic E-state index is -0.504. The predicted molar refractivity (Wildman–Crippen MR) is 80.4 cm³/mol. The second kappa shape index (κ2) is 5.69. The van der Waals surface area contributed by atoms with E-state index in [0.717, 1.165) is 16.5 Å². The van der Waals surface area contributed by atoms with Crippen molar-refractivity contribution in [2.45, 2.75) is 6.61 Å². The third-order valence-electron chi connectivity index (χ3n) is 3.40. The number of rotatable bonds is 5. The van der Waals surface area contributed by atoms with Gasteiger partial charge in [0.25, 0.3) is 12.4 Å². The minimum Gasteiger partial charge on any atom is -0.463 e. The Labute approximate surface area is 126 Å². The number of ether oxygens (including phenoxy) is 1. The number of hydrogen-bond donors (Lipinski definition) is 1. The maximum Gasteiger partial charge on any atom is 0.293 e. The van der Waals surface area contributed by atoms with Crippen molar-refractivity contribution in [2.75, 3.05) is 0 Å². The van der Waals surface area contributed by atoms with Gasteiger partial charge in [-0.05, 0) is 29.8 Å². The summed E-state index contributed by atoms with van der Waals surface area (Å²) in [6, 6.07) is 9.20. The molecule has 0 radical (unpaired) electrons. The number of hydrogen-bond acceptors (Lipinski definition) is 4. The first-order valence-electron chi connectivity index (χ1n) is 6.60. The van der Waals surface area contributed by atoms with Crippen LogP contribution in [0.25, 0.3) is 16.6 Å². The van der Waals surface area contributed by atoms with Crippen molar-refractivity contribution in [1.82, 2.24) is 9.55 Å². The third-order valence-corrected chi connectivity index (χ3v) is 3.40. The van der Waals surface area contributed by atoms with Crippen molar-refractivity contribution < 1.29 is 14.3 Å². The Morgan fingerprint density at radius 2 is 2.18 bits per heavy atom. The Bertz CT molecular complexity index is 855. The molecule has 2 N–H and O–H groups in total. The van der Waals surface area contributed by atoms with Crippen LogP contribution in [0, 0.1) is 0 Å². The van der Waals surface area contributed by atoms with Gasteiger partial charge in [-0.2, -0.15) is 0 Å². The lowest BCUT2D eigenvalue weighted by molar-refractivity contribution is -0.129. The van der Waals surface area contributed by atoms with Crippen molar-refractivity contribution >= 4 is 23.3 Å². The van der Waals surface area contributed by atoms with E-state index in [0.29, 0.717) is 17.7 Å². The maximum atomic E-state index is 11.6. The smallest absolute Gasteiger partial charge is 0.293 e. The van der Waals surface area contributed by atoms with Crippen molar-refractivity contribution in [3.05, 3.63) is 60.0 Å². The molecule has 6 heteroatoms. The lowest BCUT2D eigenvalue weighted by atomic mass is 10.1. The fraction of sp³-hybridized carbons (Fsp3) is 0.0625. The predicted octanol–water partition coefficient (Wildman–Crippen LogP) is 1.80. The summed E-state index contributed by atoms with van der Waals surface area (Å²) in [5.41, 5.74) is 8.24. The molecular weight excluding hydrogens is 282 g/mol. The van der Waals surface area contributed by atoms with Gasteiger partial charge in [-0.3, -0.25) is 14.6 Å². The maximum absolute atomic E-state index is 11.6. The molecule has 1 aromatic carbocycles. The Balaban J connectivity index is 2.09. The molecule has 1 amide bonds. The first-order chi connectivity index (χ1) is 10.7. The molecular formula is C16H13N3O3. The van der Waals surface area contributed by atoms with E-state index in [9.17, 15) is 9.59 Å². The molecule has 0 saturated carbocycles. The van der Waals surface area contributed by atoms with Crippen LogP contribution in [0.2, 0.25) is 0 Å². The lowest BCUT2D eigenvalue weighted by Crippen LogP contribution is -2.14. The van der Waals surface area contributed by atoms with Crippen LogP contribution in [-0.2, 0) is 16.1 Å². The summed E-state index contributed by atoms with van der Waals surface area (Å²) in [7, 11) is 0. The summed E-state index contributed by atoms with van der Waals surface area (Å²) >= 11 is 0. The third kappa shape index (κ3) is 2.42. The normalized spacial score (nSPS) is 10.5. The van der Waals surface area contributed by atoms with Gasteiger partial charge in [0, 0.05) is 17.8 Å². The largest absolute Gasteiger partial charge is 0.463 e. The highest BCUT2D eigenvalue weighted by molar-refractivity contribution is 5.97. The zero-order valence-electron chi connectivity index (χ0n) is 11.6. The molecule has 2 heterocycles. The van der Waals surface area contributed by atoms with Crippen molar-refractivity contribution in [3.8, 4) is 5.69 Å². The number of aromatic nitrogens is 2. The zero-order valence-corrected chi connectivity index (χ0v) is 11.6. The zero-order chi connectivity index (χ0) is 15.5. The number of carbonyl (C=O) groups excluding carboxylic acids is 2. The van der Waals surface area contributed by atoms with Gasteiger partial charge < -0.3 is 15.0 Å². The fourth-order valence-corrected chi connectivity index (χ4v) is 2.41. The molecule has 0 fully saturated rings. The van der Waals surface area contributed by atoms with Crippen molar-refractivity contribution in [1.29, 1.82) is 0 Å². The van der Waals surface area contributed by atoms with Crippen LogP contribution in [-0.4, -0.2) is 21.9 Å². The highest BCUT2D eigenvalue weighted by atomic mass is 16.5. The van der Waals surface area contributed by atoms with Gasteiger partial charge in [-0.1, -0.05) is 6.07 Å². The van der Waals surface area contributed by atoms with Gasteiger partial charge in [0.2, 0.25) is 0 Å². The van der Waals surface area contributed by atoms with E-state index < -0.39 is 5.91 Å². The van der Waals surface area contributed by atoms with E-state index >= 15 is 0 Å². The first-order valence-corrected chi connectivity index (χ1v) is 6.60. The molecule has 0 spiro atoms. The average molecular weight is 295 g/mol. The molecule has 0 atom stereocenters. The highest BCUT2D eigenvalue weighted by Crippen LogP contribution is 2.23. The number of benzene rings is 1. The SMILES string of the molecule is NC(=O)c1ccncc1-n1ccc2cc(COC=O)ccc21. The number of nitrogens with two attached hydrogens (primary N) is 1. The summed E-state index contributed by atoms with van der Waals surface area (Å²) in [4.78, 5) is 25.9. The minimum absolute atomic E-state index is 0.226. The molecule has 2 aromatic heterocycles. The number of pyridine rings is 1. The topological polar surface area (TPSA) is 87.2 Å². The van der Waals surface area contributed by atoms with E-state index in [2.05, 4.69) is 4.98 Å². The van der Waals surface area contributed by atoms with Crippen LogP contribution in [0.1, 0.15) is 15.9 Å². The summed E-state index contributed by atoms with van der Waals surface area (Å²) in [6.07, 6.45) is 4.98. The van der Waals surface area contributed by atoms with Crippen molar-refractivity contribution in [3.63, 3.8) is 0 Å². The summed E-state index contributed by atoms with van der Waals surface area (Å²) in [6.45, 7) is 0.647. The summed E-state index contributed by atoms with van der Waals surface area (Å²) in [5.74, 6) is -0.504. The molecule has 110 valence electrons. The standard InChI is InChI=1S/C16H13N3O3/c17-16(21)13-3-5-18-8-15(13)19-6-4-12-7-11(9-22-10-20)1-2-14(12)19/h1-8,10H,9H2,(H2,17,21). The number of amides is 1. The van der Waals surface area contributed by atoms with Gasteiger partial charge >= 0.3 is 0 Å². The van der Waals surface area contributed by atoms with E-state index in [1.165, 1.54) is 6.20 Å². The van der Waals surface area contributed by atoms with Gasteiger partial charge in [-0.25, -0.2) is 0 Å². The Hall–Kier alpha value is -3.15. The summed E-state index contributed by atoms with van der Waals surface area (Å²) in [5, 5.41) is 0.964. The molecule has 0 saturated heterocycles. The number of carbonyl (C=O) groups is 2. The molecule has 3 rings (SSSR count). The van der Waals surface area contributed by atoms with E-state index in [1.54, 1.807) is 12.3 Å². The Kier molecular flexibility index (Phi) is 3.57. The second-order valence-electron chi connectivity index (χ2n) is 4.74. The van der Waals surface area contributed by atoms with Gasteiger partial charge in [0.1, 0.15) is 6.61 Å². The molecule has 0 unspecified atom stereocenters. The lowest BCUT2D eigenvalue weighted by Gasteiger charge is -2.09. The molecule has 0 aliphatic heterocycles. The van der Waals surface area contributed by atoms with Crippen LogP contribution in [0.15, 0.2) is 48.9 Å². The number of fused-ring (bicyclic) bond motifs is 1. The molecule has 0 bridgehead atoms. The molecule has 6 nitrogen and oxygen atoms in total. The van der Waals surface area contributed by atoms with Gasteiger partial charge in [0.05, 0.1) is 23.0 Å². The molecule has 22 heavy (non-hydrogen) atoms. The molecule has 0 aliphatic carbocycles. The fourth-order valence-electron chi connectivity index (χ4n) is 2.41. The van der Waals surface area contributed by atoms with E-state index in [-0.39, 0.29) is 6.61 Å². The monoisotopic (exact) mass is 295 g/mol. The number of nitrogens with zero attached hydrogens (tertiary/aromatic N) is 2. The molecule has 3 aromatic rings. The first kappa shape index (κ1) is 13.8. The highest BCUT2D eigenvalue weighted by Gasteiger charge is 2.12. The van der Waals surface area contributed by atoms with Gasteiger partial charge in [-0.15, -0.1) is 0 Å². The van der Waals surface area contributed by atoms with Crippen molar-refractivity contribution in [2.24, 2.45) is 5.73 Å². The van der Waals surface area contributed by atoms with Crippen LogP contribution in [0.4, 0.5) is 0 Å². The Morgan fingerprint density at radius 3 is 2.95 bits per heavy atom. The van der Waals surface area contributed by atoms with Crippen LogP contribution in [0.5, 0.6) is 0 Å². The van der Waals surface area contributed by atoms with E-state index in [1.807, 2.05) is 35.0 Å². The quantitative estimate of drug-likeness (QED) is 0.727. The summed E-state index contributed by atoms with van der Waals surface area (Å²) < 4.78 is 6.61. The Morgan fingerprint density at radius 1 is 1.32 bits per heavy atom. The van der Waals surface area contributed by atoms with Gasteiger partial charge in [0.15, 0.2) is 0 Å². The van der Waals surface area contributed by atoms with Crippen LogP contribution in [0.3, 0.4) is 0 Å². The average Bonchev–Trinajstić information content (AvgIpc) is 2.95. The van der Waals surface area contributed by atoms with Crippen LogP contribution >= 0.6 is 0 Å². The van der Waals surface area contributed by atoms with Crippen LogP contribution < -0.4 is 5.73 Å². The van der Waals surface area contributed by atoms with E-state index in [4.69, 9.17) is 10.5 Å². The second-order valence-corrected chi connectivity index (χ2v) is 4.74.